The second kappa shape index (κ2) is 5.46. The summed E-state index contributed by atoms with van der Waals surface area (Å²) in [5.41, 5.74) is 1.66. The van der Waals surface area contributed by atoms with E-state index in [9.17, 15) is 4.79 Å². The maximum atomic E-state index is 12.0. The van der Waals surface area contributed by atoms with Crippen LogP contribution in [0, 0.1) is 0 Å². The summed E-state index contributed by atoms with van der Waals surface area (Å²) in [6.07, 6.45) is 5.72. The zero-order valence-corrected chi connectivity index (χ0v) is 12.0. The van der Waals surface area contributed by atoms with E-state index < -0.39 is 0 Å². The fourth-order valence-electron chi connectivity index (χ4n) is 1.80. The Morgan fingerprint density at radius 3 is 3.10 bits per heavy atom. The first kappa shape index (κ1) is 12.9. The highest BCUT2D eigenvalue weighted by Gasteiger charge is 2.13. The van der Waals surface area contributed by atoms with E-state index in [0.717, 1.165) is 10.0 Å². The highest BCUT2D eigenvalue weighted by molar-refractivity contribution is 9.10. The van der Waals surface area contributed by atoms with Crippen LogP contribution >= 0.6 is 15.9 Å². The molecule has 0 atom stereocenters. The van der Waals surface area contributed by atoms with Gasteiger partial charge in [0.2, 0.25) is 5.82 Å². The number of carbonyl (C=O) groups is 1. The Balaban J connectivity index is 1.68. The highest BCUT2D eigenvalue weighted by Crippen LogP contribution is 2.15. The van der Waals surface area contributed by atoms with Crippen LogP contribution in [0.4, 0.5) is 0 Å². The SMILES string of the molecule is O=C(NCCc1ccoc1)c1nc2c(Br)cccn2n1. The van der Waals surface area contributed by atoms with Gasteiger partial charge in [0, 0.05) is 12.7 Å². The van der Waals surface area contributed by atoms with E-state index in [0.29, 0.717) is 18.6 Å². The zero-order chi connectivity index (χ0) is 13.9. The molecule has 0 radical (unpaired) electrons. The molecule has 1 N–H and O–H groups in total. The van der Waals surface area contributed by atoms with E-state index in [1.54, 1.807) is 23.2 Å². The fraction of sp³-hybridized carbons (Fsp3) is 0.154. The molecule has 0 bridgehead atoms. The van der Waals surface area contributed by atoms with Crippen LogP contribution in [0.2, 0.25) is 0 Å². The Morgan fingerprint density at radius 1 is 1.45 bits per heavy atom. The van der Waals surface area contributed by atoms with Crippen LogP contribution in [0.5, 0.6) is 0 Å². The van der Waals surface area contributed by atoms with Gasteiger partial charge in [-0.3, -0.25) is 4.79 Å². The molecule has 1 amide bonds. The van der Waals surface area contributed by atoms with E-state index >= 15 is 0 Å². The maximum Gasteiger partial charge on any atom is 0.291 e. The number of hydrogen-bond donors (Lipinski definition) is 1. The van der Waals surface area contributed by atoms with Crippen molar-refractivity contribution in [2.24, 2.45) is 0 Å². The normalized spacial score (nSPS) is 10.8. The van der Waals surface area contributed by atoms with Crippen LogP contribution in [0.25, 0.3) is 5.65 Å². The lowest BCUT2D eigenvalue weighted by molar-refractivity contribution is 0.0944. The molecule has 0 saturated heterocycles. The summed E-state index contributed by atoms with van der Waals surface area (Å²) >= 11 is 3.37. The Hall–Kier alpha value is -2.15. The van der Waals surface area contributed by atoms with Crippen molar-refractivity contribution >= 4 is 27.5 Å². The third-order valence-corrected chi connectivity index (χ3v) is 3.42. The van der Waals surface area contributed by atoms with Crippen molar-refractivity contribution < 1.29 is 9.21 Å². The largest absolute Gasteiger partial charge is 0.472 e. The number of rotatable bonds is 4. The Labute approximate surface area is 122 Å². The quantitative estimate of drug-likeness (QED) is 0.792. The Kier molecular flexibility index (Phi) is 3.51. The third-order valence-electron chi connectivity index (χ3n) is 2.80. The fourth-order valence-corrected chi connectivity index (χ4v) is 2.23. The summed E-state index contributed by atoms with van der Waals surface area (Å²) in [6, 6.07) is 5.55. The molecular weight excluding hydrogens is 324 g/mol. The maximum absolute atomic E-state index is 12.0. The third kappa shape index (κ3) is 2.57. The lowest BCUT2D eigenvalue weighted by Crippen LogP contribution is -2.26. The van der Waals surface area contributed by atoms with Crippen LogP contribution < -0.4 is 5.32 Å². The monoisotopic (exact) mass is 334 g/mol. The molecule has 0 fully saturated rings. The van der Waals surface area contributed by atoms with Crippen molar-refractivity contribution in [3.8, 4) is 0 Å². The number of amides is 1. The molecule has 0 aliphatic heterocycles. The topological polar surface area (TPSA) is 72.4 Å². The van der Waals surface area contributed by atoms with Gasteiger partial charge >= 0.3 is 0 Å². The average molecular weight is 335 g/mol. The van der Waals surface area contributed by atoms with Gasteiger partial charge in [-0.05, 0) is 46.1 Å². The van der Waals surface area contributed by atoms with E-state index in [1.807, 2.05) is 18.2 Å². The van der Waals surface area contributed by atoms with Gasteiger partial charge < -0.3 is 9.73 Å². The highest BCUT2D eigenvalue weighted by atomic mass is 79.9. The number of nitrogens with one attached hydrogen (secondary N) is 1. The minimum atomic E-state index is -0.288. The van der Waals surface area contributed by atoms with Gasteiger partial charge in [-0.25, -0.2) is 9.50 Å². The number of furan rings is 1. The minimum absolute atomic E-state index is 0.157. The molecule has 6 nitrogen and oxygen atoms in total. The second-order valence-corrected chi connectivity index (χ2v) is 5.05. The molecule has 3 rings (SSSR count). The number of carbonyl (C=O) groups excluding carboxylic acids is 1. The van der Waals surface area contributed by atoms with E-state index in [4.69, 9.17) is 4.42 Å². The number of fused-ring (bicyclic) bond motifs is 1. The van der Waals surface area contributed by atoms with Crippen molar-refractivity contribution in [1.29, 1.82) is 0 Å². The minimum Gasteiger partial charge on any atom is -0.472 e. The van der Waals surface area contributed by atoms with Crippen molar-refractivity contribution in [2.45, 2.75) is 6.42 Å². The first-order chi connectivity index (χ1) is 9.74. The summed E-state index contributed by atoms with van der Waals surface area (Å²) in [4.78, 5) is 16.2. The van der Waals surface area contributed by atoms with Crippen molar-refractivity contribution in [3.05, 3.63) is 52.8 Å². The van der Waals surface area contributed by atoms with Crippen LogP contribution in [-0.4, -0.2) is 27.0 Å². The summed E-state index contributed by atoms with van der Waals surface area (Å²) < 4.78 is 7.32. The molecule has 3 heterocycles. The number of hydrogen-bond acceptors (Lipinski definition) is 4. The summed E-state index contributed by atoms with van der Waals surface area (Å²) in [5.74, 6) is -0.131. The van der Waals surface area contributed by atoms with Gasteiger partial charge in [-0.15, -0.1) is 5.10 Å². The first-order valence-corrected chi connectivity index (χ1v) is 6.83. The average Bonchev–Trinajstić information content (AvgIpc) is 3.07. The summed E-state index contributed by atoms with van der Waals surface area (Å²) in [6.45, 7) is 0.509. The molecule has 0 aliphatic rings. The van der Waals surface area contributed by atoms with E-state index in [2.05, 4.69) is 31.3 Å². The van der Waals surface area contributed by atoms with Crippen molar-refractivity contribution in [2.75, 3.05) is 6.54 Å². The van der Waals surface area contributed by atoms with Crippen LogP contribution in [-0.2, 0) is 6.42 Å². The molecule has 7 heteroatoms. The lowest BCUT2D eigenvalue weighted by atomic mass is 10.2. The van der Waals surface area contributed by atoms with Crippen LogP contribution in [0.15, 0.2) is 45.8 Å². The molecule has 102 valence electrons. The summed E-state index contributed by atoms with van der Waals surface area (Å²) in [5, 5.41) is 6.92. The van der Waals surface area contributed by atoms with Gasteiger partial charge in [0.05, 0.1) is 17.0 Å². The van der Waals surface area contributed by atoms with Gasteiger partial charge in [-0.1, -0.05) is 0 Å². The lowest BCUT2D eigenvalue weighted by Gasteiger charge is -1.99. The molecule has 0 spiro atoms. The number of halogens is 1. The van der Waals surface area contributed by atoms with Crippen LogP contribution in [0.1, 0.15) is 16.2 Å². The molecular formula is C13H11BrN4O2. The zero-order valence-electron chi connectivity index (χ0n) is 10.4. The first-order valence-electron chi connectivity index (χ1n) is 6.04. The van der Waals surface area contributed by atoms with Crippen LogP contribution in [0.3, 0.4) is 0 Å². The Morgan fingerprint density at radius 2 is 2.35 bits per heavy atom. The van der Waals surface area contributed by atoms with Gasteiger partial charge in [0.1, 0.15) is 0 Å². The standard InChI is InChI=1S/C13H11BrN4O2/c14-10-2-1-6-18-12(10)16-11(17-18)13(19)15-5-3-9-4-7-20-8-9/h1-2,4,6-8H,3,5H2,(H,15,19). The van der Waals surface area contributed by atoms with Crippen molar-refractivity contribution in [3.63, 3.8) is 0 Å². The molecule has 0 aliphatic carbocycles. The molecule has 0 unspecified atom stereocenters. The molecule has 20 heavy (non-hydrogen) atoms. The molecule has 3 aromatic heterocycles. The smallest absolute Gasteiger partial charge is 0.291 e. The van der Waals surface area contributed by atoms with Gasteiger partial charge in [0.25, 0.3) is 5.91 Å². The molecule has 3 aromatic rings. The number of nitrogens with zero attached hydrogens (tertiary/aromatic N) is 3. The van der Waals surface area contributed by atoms with Gasteiger partial charge in [-0.2, -0.15) is 0 Å². The molecule has 0 aromatic carbocycles. The van der Waals surface area contributed by atoms with Gasteiger partial charge in [0.15, 0.2) is 5.65 Å². The number of aromatic nitrogens is 3. The predicted molar refractivity (Wildman–Crippen MR) is 75.4 cm³/mol. The number of pyridine rings is 1. The summed E-state index contributed by atoms with van der Waals surface area (Å²) in [7, 11) is 0. The predicted octanol–water partition coefficient (Wildman–Crippen LogP) is 2.06. The Bertz CT molecular complexity index is 736. The molecule has 0 saturated carbocycles. The van der Waals surface area contributed by atoms with Crippen molar-refractivity contribution in [1.82, 2.24) is 19.9 Å². The van der Waals surface area contributed by atoms with E-state index in [1.165, 1.54) is 0 Å². The van der Waals surface area contributed by atoms with E-state index in [-0.39, 0.29) is 11.7 Å². The second-order valence-electron chi connectivity index (χ2n) is 4.20.